The molecular formula is C22H44O5S. The summed E-state index contributed by atoms with van der Waals surface area (Å²) < 4.78 is 5.18. The van der Waals surface area contributed by atoms with Crippen LogP contribution < -0.4 is 0 Å². The lowest BCUT2D eigenvalue weighted by atomic mass is 10.0. The van der Waals surface area contributed by atoms with E-state index in [-0.39, 0.29) is 0 Å². The van der Waals surface area contributed by atoms with E-state index in [2.05, 4.69) is 6.92 Å². The molecule has 1 aliphatic rings. The quantitative estimate of drug-likeness (QED) is 0.266. The third kappa shape index (κ3) is 11.4. The normalized spacial score (nSPS) is 28.0. The second-order valence-corrected chi connectivity index (χ2v) is 9.36. The van der Waals surface area contributed by atoms with Gasteiger partial charge in [0.25, 0.3) is 0 Å². The first-order valence-electron chi connectivity index (χ1n) is 11.5. The number of unbranched alkanes of at least 4 members (excludes halogenated alkanes) is 13. The summed E-state index contributed by atoms with van der Waals surface area (Å²) in [5.41, 5.74) is 0. The lowest BCUT2D eigenvalue weighted by molar-refractivity contribution is -0.276. The highest BCUT2D eigenvalue weighted by Gasteiger charge is 2.42. The first kappa shape index (κ1) is 26.2. The first-order chi connectivity index (χ1) is 13.6. The number of thioether (sulfide) groups is 1. The highest BCUT2D eigenvalue weighted by Crippen LogP contribution is 2.23. The van der Waals surface area contributed by atoms with Crippen LogP contribution in [-0.4, -0.2) is 62.6 Å². The predicted molar refractivity (Wildman–Crippen MR) is 117 cm³/mol. The van der Waals surface area contributed by atoms with Gasteiger partial charge in [-0.05, 0) is 12.2 Å². The van der Waals surface area contributed by atoms with Gasteiger partial charge in [-0.2, -0.15) is 11.8 Å². The maximum absolute atomic E-state index is 9.89. The predicted octanol–water partition coefficient (Wildman–Crippen LogP) is 4.00. The van der Waals surface area contributed by atoms with E-state index >= 15 is 0 Å². The van der Waals surface area contributed by atoms with Crippen molar-refractivity contribution in [2.45, 2.75) is 128 Å². The fraction of sp³-hybridized carbons (Fsp3) is 1.00. The minimum Gasteiger partial charge on any atom is -0.388 e. The van der Waals surface area contributed by atoms with E-state index in [1.807, 2.05) is 0 Å². The molecule has 0 aromatic carbocycles. The van der Waals surface area contributed by atoms with Gasteiger partial charge in [0.05, 0.1) is 6.10 Å². The zero-order chi connectivity index (χ0) is 20.6. The number of aliphatic hydroxyl groups is 4. The zero-order valence-corrected chi connectivity index (χ0v) is 18.6. The molecule has 0 unspecified atom stereocenters. The topological polar surface area (TPSA) is 90.2 Å². The van der Waals surface area contributed by atoms with Crippen molar-refractivity contribution in [3.63, 3.8) is 0 Å². The molecule has 0 radical (unpaired) electrons. The van der Waals surface area contributed by atoms with Crippen LogP contribution in [0.5, 0.6) is 0 Å². The maximum atomic E-state index is 9.89. The van der Waals surface area contributed by atoms with E-state index in [0.717, 1.165) is 12.2 Å². The standard InChI is InChI=1S/C22H44O5S/c1-2-3-4-5-6-7-8-9-10-11-12-13-14-15-16-28-17-18-19(23)20(24)21(25)22(26)27-18/h18-26H,2-17H2,1H3/t18-,19+,20+,21-,22+/m1/s1. The molecule has 1 fully saturated rings. The Morgan fingerprint density at radius 3 is 1.57 bits per heavy atom. The summed E-state index contributed by atoms with van der Waals surface area (Å²) in [7, 11) is 0. The van der Waals surface area contributed by atoms with Crippen molar-refractivity contribution < 1.29 is 25.2 Å². The van der Waals surface area contributed by atoms with E-state index in [1.165, 1.54) is 83.5 Å². The molecular weight excluding hydrogens is 376 g/mol. The molecule has 168 valence electrons. The molecule has 28 heavy (non-hydrogen) atoms. The van der Waals surface area contributed by atoms with Gasteiger partial charge in [-0.15, -0.1) is 0 Å². The molecule has 1 saturated heterocycles. The molecule has 0 amide bonds. The number of hydrogen-bond donors (Lipinski definition) is 4. The second-order valence-electron chi connectivity index (χ2n) is 8.21. The summed E-state index contributed by atoms with van der Waals surface area (Å²) in [5, 5.41) is 38.5. The summed E-state index contributed by atoms with van der Waals surface area (Å²) in [6.45, 7) is 2.27. The minimum atomic E-state index is -1.44. The minimum absolute atomic E-state index is 0.514. The maximum Gasteiger partial charge on any atom is 0.183 e. The van der Waals surface area contributed by atoms with E-state index < -0.39 is 30.7 Å². The van der Waals surface area contributed by atoms with Crippen molar-refractivity contribution in [2.24, 2.45) is 0 Å². The Bertz CT molecular complexity index is 358. The van der Waals surface area contributed by atoms with Crippen molar-refractivity contribution in [3.8, 4) is 0 Å². The molecule has 0 aromatic heterocycles. The van der Waals surface area contributed by atoms with Crippen LogP contribution in [-0.2, 0) is 4.74 Å². The number of aliphatic hydroxyl groups excluding tert-OH is 4. The highest BCUT2D eigenvalue weighted by atomic mass is 32.2. The molecule has 5 atom stereocenters. The largest absolute Gasteiger partial charge is 0.388 e. The van der Waals surface area contributed by atoms with Crippen LogP contribution in [0.2, 0.25) is 0 Å². The number of ether oxygens (including phenoxy) is 1. The van der Waals surface area contributed by atoms with E-state index in [0.29, 0.717) is 5.75 Å². The monoisotopic (exact) mass is 420 g/mol. The molecule has 0 spiro atoms. The average molecular weight is 421 g/mol. The summed E-state index contributed by atoms with van der Waals surface area (Å²) in [6, 6.07) is 0. The fourth-order valence-corrected chi connectivity index (χ4v) is 4.75. The van der Waals surface area contributed by atoms with Crippen LogP contribution in [0.4, 0.5) is 0 Å². The van der Waals surface area contributed by atoms with E-state index in [9.17, 15) is 20.4 Å². The van der Waals surface area contributed by atoms with Gasteiger partial charge in [0.1, 0.15) is 18.3 Å². The Hall–Kier alpha value is 0.150. The van der Waals surface area contributed by atoms with Gasteiger partial charge in [0, 0.05) is 5.75 Å². The van der Waals surface area contributed by atoms with E-state index in [1.54, 1.807) is 11.8 Å². The SMILES string of the molecule is CCCCCCCCCCCCCCCCSC[C@H]1O[C@H](O)[C@H](O)[C@@H](O)[C@H]1O. The van der Waals surface area contributed by atoms with Gasteiger partial charge in [0.2, 0.25) is 0 Å². The lowest BCUT2D eigenvalue weighted by Crippen LogP contribution is -2.58. The fourth-order valence-electron chi connectivity index (χ4n) is 3.67. The molecule has 1 heterocycles. The summed E-state index contributed by atoms with van der Waals surface area (Å²) in [4.78, 5) is 0. The Morgan fingerprint density at radius 1 is 0.607 bits per heavy atom. The molecule has 1 rings (SSSR count). The Morgan fingerprint density at radius 2 is 1.07 bits per heavy atom. The molecule has 1 aliphatic heterocycles. The van der Waals surface area contributed by atoms with Crippen LogP contribution in [0.1, 0.15) is 96.8 Å². The Balaban J connectivity index is 1.83. The van der Waals surface area contributed by atoms with Gasteiger partial charge >= 0.3 is 0 Å². The van der Waals surface area contributed by atoms with Gasteiger partial charge in [0.15, 0.2) is 6.29 Å². The van der Waals surface area contributed by atoms with Crippen molar-refractivity contribution in [3.05, 3.63) is 0 Å². The molecule has 5 nitrogen and oxygen atoms in total. The molecule has 4 N–H and O–H groups in total. The van der Waals surface area contributed by atoms with Gasteiger partial charge in [-0.1, -0.05) is 90.4 Å². The smallest absolute Gasteiger partial charge is 0.183 e. The molecule has 0 aromatic rings. The van der Waals surface area contributed by atoms with Crippen LogP contribution in [0.3, 0.4) is 0 Å². The summed E-state index contributed by atoms with van der Waals surface area (Å²) in [5.74, 6) is 1.50. The zero-order valence-electron chi connectivity index (χ0n) is 17.8. The van der Waals surface area contributed by atoms with Gasteiger partial charge in [-0.3, -0.25) is 0 Å². The van der Waals surface area contributed by atoms with E-state index in [4.69, 9.17) is 4.74 Å². The Kier molecular flexibility index (Phi) is 15.8. The van der Waals surface area contributed by atoms with Crippen LogP contribution >= 0.6 is 11.8 Å². The number of rotatable bonds is 17. The van der Waals surface area contributed by atoms with Crippen LogP contribution in [0, 0.1) is 0 Å². The van der Waals surface area contributed by atoms with Crippen molar-refractivity contribution >= 4 is 11.8 Å². The van der Waals surface area contributed by atoms with Crippen LogP contribution in [0.25, 0.3) is 0 Å². The molecule has 0 aliphatic carbocycles. The lowest BCUT2D eigenvalue weighted by Gasteiger charge is -2.38. The van der Waals surface area contributed by atoms with Crippen molar-refractivity contribution in [1.82, 2.24) is 0 Å². The highest BCUT2D eigenvalue weighted by molar-refractivity contribution is 7.99. The molecule has 6 heteroatoms. The van der Waals surface area contributed by atoms with Crippen molar-refractivity contribution in [1.29, 1.82) is 0 Å². The first-order valence-corrected chi connectivity index (χ1v) is 12.7. The number of hydrogen-bond acceptors (Lipinski definition) is 6. The molecule has 0 bridgehead atoms. The average Bonchev–Trinajstić information content (AvgIpc) is 2.69. The van der Waals surface area contributed by atoms with Gasteiger partial charge < -0.3 is 25.2 Å². The summed E-state index contributed by atoms with van der Waals surface area (Å²) >= 11 is 1.66. The summed E-state index contributed by atoms with van der Waals surface area (Å²) in [6.07, 6.45) is 12.9. The second kappa shape index (κ2) is 16.9. The third-order valence-electron chi connectivity index (χ3n) is 5.61. The van der Waals surface area contributed by atoms with Crippen molar-refractivity contribution in [2.75, 3.05) is 11.5 Å². The van der Waals surface area contributed by atoms with Crippen LogP contribution in [0.15, 0.2) is 0 Å². The van der Waals surface area contributed by atoms with Gasteiger partial charge in [-0.25, -0.2) is 0 Å². The Labute approximate surface area is 176 Å². The molecule has 0 saturated carbocycles. The third-order valence-corrected chi connectivity index (χ3v) is 6.75.